The topological polar surface area (TPSA) is 15.3 Å². The van der Waals surface area contributed by atoms with Gasteiger partial charge < -0.3 is 5.32 Å². The monoisotopic (exact) mass is 300 g/mol. The number of unbranched alkanes of at least 4 members (excludes halogenated alkanes) is 3. The van der Waals surface area contributed by atoms with E-state index >= 15 is 0 Å². The minimum Gasteiger partial charge on any atom is -0.311 e. The SMILES string of the molecule is CCC1CNC(CC(C)C)CN1CCCCCCSC. The summed E-state index contributed by atoms with van der Waals surface area (Å²) in [5.74, 6) is 2.14. The number of piperazine rings is 1. The molecule has 2 unspecified atom stereocenters. The molecule has 0 aromatic rings. The molecule has 20 heavy (non-hydrogen) atoms. The van der Waals surface area contributed by atoms with Gasteiger partial charge in [0.2, 0.25) is 0 Å². The van der Waals surface area contributed by atoms with Crippen molar-refractivity contribution in [2.45, 2.75) is 71.4 Å². The smallest absolute Gasteiger partial charge is 0.0218 e. The van der Waals surface area contributed by atoms with Crippen LogP contribution < -0.4 is 5.32 Å². The normalized spacial score (nSPS) is 24.4. The molecule has 0 saturated carbocycles. The minimum absolute atomic E-state index is 0.717. The fourth-order valence-electron chi connectivity index (χ4n) is 3.25. The van der Waals surface area contributed by atoms with Crippen molar-refractivity contribution in [1.29, 1.82) is 0 Å². The first-order valence-electron chi connectivity index (χ1n) is 8.63. The van der Waals surface area contributed by atoms with Gasteiger partial charge in [0, 0.05) is 25.2 Å². The zero-order valence-corrected chi connectivity index (χ0v) is 15.0. The van der Waals surface area contributed by atoms with Gasteiger partial charge in [-0.15, -0.1) is 0 Å². The van der Waals surface area contributed by atoms with Crippen LogP contribution in [-0.2, 0) is 0 Å². The van der Waals surface area contributed by atoms with Crippen LogP contribution in [0.4, 0.5) is 0 Å². The van der Waals surface area contributed by atoms with Crippen molar-refractivity contribution in [3.63, 3.8) is 0 Å². The summed E-state index contributed by atoms with van der Waals surface area (Å²) in [6.07, 6.45) is 10.4. The summed E-state index contributed by atoms with van der Waals surface area (Å²) in [6.45, 7) is 10.8. The number of thioether (sulfide) groups is 1. The third kappa shape index (κ3) is 7.33. The van der Waals surface area contributed by atoms with Crippen LogP contribution in [0.15, 0.2) is 0 Å². The molecule has 1 aliphatic heterocycles. The molecule has 0 aromatic heterocycles. The molecule has 1 heterocycles. The summed E-state index contributed by atoms with van der Waals surface area (Å²) < 4.78 is 0. The average Bonchev–Trinajstić information content (AvgIpc) is 2.42. The number of nitrogens with zero attached hydrogens (tertiary/aromatic N) is 1. The second kappa shape index (κ2) is 10.9. The zero-order chi connectivity index (χ0) is 14.8. The first-order valence-corrected chi connectivity index (χ1v) is 10.0. The average molecular weight is 301 g/mol. The van der Waals surface area contributed by atoms with E-state index in [2.05, 4.69) is 37.2 Å². The molecule has 120 valence electrons. The molecule has 1 saturated heterocycles. The second-order valence-electron chi connectivity index (χ2n) is 6.70. The van der Waals surface area contributed by atoms with Crippen LogP contribution >= 0.6 is 11.8 Å². The first kappa shape index (κ1) is 18.3. The highest BCUT2D eigenvalue weighted by atomic mass is 32.2. The van der Waals surface area contributed by atoms with Crippen LogP contribution in [0.5, 0.6) is 0 Å². The second-order valence-corrected chi connectivity index (χ2v) is 7.68. The van der Waals surface area contributed by atoms with E-state index < -0.39 is 0 Å². The standard InChI is InChI=1S/C17H36N2S/c1-5-17-13-18-16(12-15(2)3)14-19(17)10-8-6-7-9-11-20-4/h15-18H,5-14H2,1-4H3. The van der Waals surface area contributed by atoms with Crippen LogP contribution in [0.3, 0.4) is 0 Å². The van der Waals surface area contributed by atoms with Gasteiger partial charge in [-0.05, 0) is 50.2 Å². The molecule has 2 nitrogen and oxygen atoms in total. The van der Waals surface area contributed by atoms with E-state index in [0.29, 0.717) is 6.04 Å². The van der Waals surface area contributed by atoms with Gasteiger partial charge >= 0.3 is 0 Å². The van der Waals surface area contributed by atoms with Gasteiger partial charge in [-0.1, -0.05) is 33.6 Å². The van der Waals surface area contributed by atoms with E-state index in [1.807, 2.05) is 11.8 Å². The van der Waals surface area contributed by atoms with E-state index in [9.17, 15) is 0 Å². The third-order valence-electron chi connectivity index (χ3n) is 4.38. The molecule has 0 spiro atoms. The quantitative estimate of drug-likeness (QED) is 0.614. The maximum absolute atomic E-state index is 3.76. The Morgan fingerprint density at radius 2 is 1.95 bits per heavy atom. The van der Waals surface area contributed by atoms with Gasteiger partial charge in [0.25, 0.3) is 0 Å². The van der Waals surface area contributed by atoms with E-state index in [0.717, 1.165) is 12.0 Å². The molecule has 0 aromatic carbocycles. The van der Waals surface area contributed by atoms with Crippen LogP contribution in [0.2, 0.25) is 0 Å². The van der Waals surface area contributed by atoms with Crippen molar-refractivity contribution in [2.75, 3.05) is 31.6 Å². The van der Waals surface area contributed by atoms with E-state index in [1.165, 1.54) is 63.9 Å². The Morgan fingerprint density at radius 3 is 2.60 bits per heavy atom. The predicted molar refractivity (Wildman–Crippen MR) is 93.7 cm³/mol. The molecule has 1 aliphatic rings. The summed E-state index contributed by atoms with van der Waals surface area (Å²) >= 11 is 1.98. The summed E-state index contributed by atoms with van der Waals surface area (Å²) in [5, 5.41) is 3.76. The molecule has 0 amide bonds. The van der Waals surface area contributed by atoms with Crippen LogP contribution in [0, 0.1) is 5.92 Å². The minimum atomic E-state index is 0.717. The molecular formula is C17H36N2S. The number of nitrogens with one attached hydrogen (secondary N) is 1. The Hall–Kier alpha value is 0.270. The Kier molecular flexibility index (Phi) is 10.0. The molecule has 3 heteroatoms. The van der Waals surface area contributed by atoms with Crippen molar-refractivity contribution >= 4 is 11.8 Å². The highest BCUT2D eigenvalue weighted by Crippen LogP contribution is 2.16. The summed E-state index contributed by atoms with van der Waals surface area (Å²) in [5.41, 5.74) is 0. The van der Waals surface area contributed by atoms with Crippen LogP contribution in [0.1, 0.15) is 59.3 Å². The third-order valence-corrected chi connectivity index (χ3v) is 5.08. The lowest BCUT2D eigenvalue weighted by molar-refractivity contribution is 0.116. The summed E-state index contributed by atoms with van der Waals surface area (Å²) in [4.78, 5) is 2.76. The van der Waals surface area contributed by atoms with Crippen LogP contribution in [-0.4, -0.2) is 48.6 Å². The zero-order valence-electron chi connectivity index (χ0n) is 14.2. The lowest BCUT2D eigenvalue weighted by Crippen LogP contribution is -2.56. The highest BCUT2D eigenvalue weighted by molar-refractivity contribution is 7.98. The van der Waals surface area contributed by atoms with Crippen molar-refractivity contribution in [1.82, 2.24) is 10.2 Å². The fourth-order valence-corrected chi connectivity index (χ4v) is 3.74. The number of rotatable bonds is 10. The predicted octanol–water partition coefficient (Wildman–Crippen LogP) is 4.01. The van der Waals surface area contributed by atoms with Crippen LogP contribution in [0.25, 0.3) is 0 Å². The Labute approximate surface area is 131 Å². The molecular weight excluding hydrogens is 264 g/mol. The van der Waals surface area contributed by atoms with E-state index in [-0.39, 0.29) is 0 Å². The maximum atomic E-state index is 3.76. The highest BCUT2D eigenvalue weighted by Gasteiger charge is 2.26. The van der Waals surface area contributed by atoms with E-state index in [1.54, 1.807) is 0 Å². The first-order chi connectivity index (χ1) is 9.67. The van der Waals surface area contributed by atoms with Gasteiger partial charge in [-0.2, -0.15) is 11.8 Å². The lowest BCUT2D eigenvalue weighted by atomic mass is 9.98. The molecule has 1 fully saturated rings. The molecule has 0 bridgehead atoms. The fraction of sp³-hybridized carbons (Fsp3) is 1.00. The Bertz CT molecular complexity index is 233. The van der Waals surface area contributed by atoms with Gasteiger partial charge in [0.1, 0.15) is 0 Å². The van der Waals surface area contributed by atoms with Gasteiger partial charge in [0.15, 0.2) is 0 Å². The Balaban J connectivity index is 2.24. The molecule has 0 radical (unpaired) electrons. The molecule has 2 atom stereocenters. The van der Waals surface area contributed by atoms with Gasteiger partial charge in [-0.3, -0.25) is 4.90 Å². The van der Waals surface area contributed by atoms with E-state index in [4.69, 9.17) is 0 Å². The largest absolute Gasteiger partial charge is 0.311 e. The Morgan fingerprint density at radius 1 is 1.20 bits per heavy atom. The summed E-state index contributed by atoms with van der Waals surface area (Å²) in [6, 6.07) is 1.49. The van der Waals surface area contributed by atoms with Crippen molar-refractivity contribution in [3.8, 4) is 0 Å². The van der Waals surface area contributed by atoms with Gasteiger partial charge in [-0.25, -0.2) is 0 Å². The number of hydrogen-bond acceptors (Lipinski definition) is 3. The summed E-state index contributed by atoms with van der Waals surface area (Å²) in [7, 11) is 0. The molecule has 0 aliphatic carbocycles. The maximum Gasteiger partial charge on any atom is 0.0218 e. The van der Waals surface area contributed by atoms with Crippen molar-refractivity contribution in [3.05, 3.63) is 0 Å². The van der Waals surface area contributed by atoms with Gasteiger partial charge in [0.05, 0.1) is 0 Å². The number of hydrogen-bond donors (Lipinski definition) is 1. The lowest BCUT2D eigenvalue weighted by Gasteiger charge is -2.40. The molecule has 1 rings (SSSR count). The van der Waals surface area contributed by atoms with Crippen molar-refractivity contribution in [2.24, 2.45) is 5.92 Å². The molecule has 1 N–H and O–H groups in total. The van der Waals surface area contributed by atoms with Crippen molar-refractivity contribution < 1.29 is 0 Å².